The van der Waals surface area contributed by atoms with Gasteiger partial charge in [-0.2, -0.15) is 0 Å². The van der Waals surface area contributed by atoms with Gasteiger partial charge in [-0.05, 0) is 45.0 Å². The van der Waals surface area contributed by atoms with E-state index < -0.39 is 0 Å². The molecule has 2 atom stereocenters. The molecule has 20 heavy (non-hydrogen) atoms. The van der Waals surface area contributed by atoms with Gasteiger partial charge in [0.1, 0.15) is 0 Å². The Morgan fingerprint density at radius 1 is 1.45 bits per heavy atom. The number of likely N-dealkylation sites (tertiary alicyclic amines) is 1. The van der Waals surface area contributed by atoms with Crippen molar-refractivity contribution in [2.24, 2.45) is 0 Å². The second-order valence-corrected chi connectivity index (χ2v) is 5.88. The summed E-state index contributed by atoms with van der Waals surface area (Å²) in [6, 6.07) is 6.54. The van der Waals surface area contributed by atoms with Crippen LogP contribution in [-0.4, -0.2) is 43.5 Å². The van der Waals surface area contributed by atoms with Gasteiger partial charge in [-0.3, -0.25) is 4.79 Å². The Bertz CT molecular complexity index is 492. The number of carbonyl (C=O) groups excluding carboxylic acids is 1. The minimum atomic E-state index is -0.157. The number of nitrogens with zero attached hydrogens (tertiary/aromatic N) is 1. The van der Waals surface area contributed by atoms with Crippen molar-refractivity contribution in [3.63, 3.8) is 0 Å². The third-order valence-electron chi connectivity index (χ3n) is 4.02. The summed E-state index contributed by atoms with van der Waals surface area (Å²) in [4.78, 5) is 14.1. The van der Waals surface area contributed by atoms with Gasteiger partial charge >= 0.3 is 0 Å². The molecule has 2 unspecified atom stereocenters. The lowest BCUT2D eigenvalue weighted by atomic mass is 9.98. The minimum Gasteiger partial charge on any atom is -0.382 e. The zero-order chi connectivity index (χ0) is 14.7. The molecule has 1 saturated heterocycles. The Balaban J connectivity index is 2.08. The summed E-state index contributed by atoms with van der Waals surface area (Å²) in [5.41, 5.74) is 1.47. The molecule has 1 amide bonds. The topological polar surface area (TPSA) is 44.4 Å². The number of rotatable bonds is 3. The Labute approximate surface area is 125 Å². The summed E-state index contributed by atoms with van der Waals surface area (Å²) >= 11 is 6.06. The molecule has 0 spiro atoms. The van der Waals surface area contributed by atoms with Crippen LogP contribution < -0.4 is 10.6 Å². The molecule has 0 aliphatic carbocycles. The number of amides is 1. The molecule has 2 N–H and O–H groups in total. The fraction of sp³-hybridized carbons (Fsp3) is 0.533. The fourth-order valence-electron chi connectivity index (χ4n) is 2.58. The molecule has 1 fully saturated rings. The van der Waals surface area contributed by atoms with Crippen molar-refractivity contribution in [2.45, 2.75) is 31.8 Å². The van der Waals surface area contributed by atoms with Crippen molar-refractivity contribution in [2.75, 3.05) is 26.0 Å². The van der Waals surface area contributed by atoms with E-state index in [0.29, 0.717) is 22.7 Å². The maximum absolute atomic E-state index is 11.7. The Morgan fingerprint density at radius 3 is 2.85 bits per heavy atom. The van der Waals surface area contributed by atoms with Crippen molar-refractivity contribution in [3.8, 4) is 0 Å². The van der Waals surface area contributed by atoms with E-state index in [1.54, 1.807) is 13.1 Å². The standard InChI is InChI=1S/C15H22ClN3O/c1-10-8-12(6-7-19(10)3)18-11-4-5-14(16)13(9-11)15(20)17-2/h4-5,9-10,12,18H,6-8H2,1-3H3,(H,17,20). The second-order valence-electron chi connectivity index (χ2n) is 5.47. The zero-order valence-electron chi connectivity index (χ0n) is 12.2. The number of carbonyl (C=O) groups is 1. The van der Waals surface area contributed by atoms with Crippen molar-refractivity contribution >= 4 is 23.2 Å². The zero-order valence-corrected chi connectivity index (χ0v) is 13.0. The molecule has 1 aromatic carbocycles. The molecule has 0 saturated carbocycles. The Kier molecular flexibility index (Phi) is 4.89. The fourth-order valence-corrected chi connectivity index (χ4v) is 2.78. The third-order valence-corrected chi connectivity index (χ3v) is 4.35. The summed E-state index contributed by atoms with van der Waals surface area (Å²) in [5.74, 6) is -0.157. The average Bonchev–Trinajstić information content (AvgIpc) is 2.44. The van der Waals surface area contributed by atoms with Crippen molar-refractivity contribution < 1.29 is 4.79 Å². The molecular formula is C15H22ClN3O. The first kappa shape index (κ1) is 15.1. The monoisotopic (exact) mass is 295 g/mol. The highest BCUT2D eigenvalue weighted by Crippen LogP contribution is 2.24. The first-order valence-electron chi connectivity index (χ1n) is 6.99. The van der Waals surface area contributed by atoms with Gasteiger partial charge in [0.2, 0.25) is 0 Å². The number of nitrogens with one attached hydrogen (secondary N) is 2. The number of hydrogen-bond donors (Lipinski definition) is 2. The van der Waals surface area contributed by atoms with Gasteiger partial charge in [0.15, 0.2) is 0 Å². The van der Waals surface area contributed by atoms with Crippen molar-refractivity contribution in [1.82, 2.24) is 10.2 Å². The second kappa shape index (κ2) is 6.46. The van der Waals surface area contributed by atoms with E-state index in [-0.39, 0.29) is 5.91 Å². The number of piperidine rings is 1. The average molecular weight is 296 g/mol. The lowest BCUT2D eigenvalue weighted by Crippen LogP contribution is -2.42. The largest absolute Gasteiger partial charge is 0.382 e. The van der Waals surface area contributed by atoms with Gasteiger partial charge in [0.05, 0.1) is 10.6 Å². The lowest BCUT2D eigenvalue weighted by Gasteiger charge is -2.35. The summed E-state index contributed by atoms with van der Waals surface area (Å²) < 4.78 is 0. The predicted molar refractivity (Wildman–Crippen MR) is 83.6 cm³/mol. The van der Waals surface area contributed by atoms with Crippen LogP contribution in [-0.2, 0) is 0 Å². The molecule has 5 heteroatoms. The van der Waals surface area contributed by atoms with E-state index in [1.807, 2.05) is 12.1 Å². The van der Waals surface area contributed by atoms with Crippen LogP contribution in [0.2, 0.25) is 5.02 Å². The highest BCUT2D eigenvalue weighted by Gasteiger charge is 2.22. The van der Waals surface area contributed by atoms with Gasteiger partial charge in [-0.1, -0.05) is 11.6 Å². The van der Waals surface area contributed by atoms with Crippen molar-refractivity contribution in [1.29, 1.82) is 0 Å². The Hall–Kier alpha value is -1.26. The summed E-state index contributed by atoms with van der Waals surface area (Å²) in [6.45, 7) is 3.33. The number of hydrogen-bond acceptors (Lipinski definition) is 3. The molecule has 0 radical (unpaired) electrons. The third kappa shape index (κ3) is 3.44. The van der Waals surface area contributed by atoms with Gasteiger partial charge in [0, 0.05) is 31.4 Å². The van der Waals surface area contributed by atoms with Crippen molar-refractivity contribution in [3.05, 3.63) is 28.8 Å². The van der Waals surface area contributed by atoms with Gasteiger partial charge in [-0.25, -0.2) is 0 Å². The lowest BCUT2D eigenvalue weighted by molar-refractivity contribution is 0.0963. The van der Waals surface area contributed by atoms with E-state index in [0.717, 1.165) is 25.1 Å². The highest BCUT2D eigenvalue weighted by molar-refractivity contribution is 6.34. The summed E-state index contributed by atoms with van der Waals surface area (Å²) in [6.07, 6.45) is 2.22. The van der Waals surface area contributed by atoms with Crippen LogP contribution >= 0.6 is 11.6 Å². The smallest absolute Gasteiger partial charge is 0.252 e. The van der Waals surface area contributed by atoms with Gasteiger partial charge in [-0.15, -0.1) is 0 Å². The number of halogens is 1. The van der Waals surface area contributed by atoms with E-state index in [2.05, 4.69) is 29.5 Å². The predicted octanol–water partition coefficient (Wildman–Crippen LogP) is 2.59. The molecule has 2 rings (SSSR count). The van der Waals surface area contributed by atoms with Crippen LogP contribution in [0.15, 0.2) is 18.2 Å². The quantitative estimate of drug-likeness (QED) is 0.901. The highest BCUT2D eigenvalue weighted by atomic mass is 35.5. The molecule has 1 heterocycles. The molecule has 1 aliphatic rings. The van der Waals surface area contributed by atoms with E-state index in [9.17, 15) is 4.79 Å². The molecule has 110 valence electrons. The molecule has 1 aliphatic heterocycles. The Morgan fingerprint density at radius 2 is 2.20 bits per heavy atom. The summed E-state index contributed by atoms with van der Waals surface area (Å²) in [5, 5.41) is 6.60. The molecule has 4 nitrogen and oxygen atoms in total. The number of benzene rings is 1. The summed E-state index contributed by atoms with van der Waals surface area (Å²) in [7, 11) is 3.77. The van der Waals surface area contributed by atoms with Crippen LogP contribution in [0, 0.1) is 0 Å². The van der Waals surface area contributed by atoms with Crippen LogP contribution in [0.5, 0.6) is 0 Å². The first-order valence-corrected chi connectivity index (χ1v) is 7.37. The van der Waals surface area contributed by atoms with Gasteiger partial charge in [0.25, 0.3) is 5.91 Å². The van der Waals surface area contributed by atoms with E-state index >= 15 is 0 Å². The maximum atomic E-state index is 11.7. The maximum Gasteiger partial charge on any atom is 0.252 e. The van der Waals surface area contributed by atoms with Crippen LogP contribution in [0.3, 0.4) is 0 Å². The molecule has 0 bridgehead atoms. The molecule has 0 aromatic heterocycles. The molecular weight excluding hydrogens is 274 g/mol. The van der Waals surface area contributed by atoms with Crippen LogP contribution in [0.4, 0.5) is 5.69 Å². The van der Waals surface area contributed by atoms with E-state index in [1.165, 1.54) is 0 Å². The number of anilines is 1. The normalized spacial score (nSPS) is 23.4. The van der Waals surface area contributed by atoms with Gasteiger partial charge < -0.3 is 15.5 Å². The van der Waals surface area contributed by atoms with Crippen LogP contribution in [0.25, 0.3) is 0 Å². The first-order chi connectivity index (χ1) is 9.51. The van der Waals surface area contributed by atoms with E-state index in [4.69, 9.17) is 11.6 Å². The minimum absolute atomic E-state index is 0.157. The van der Waals surface area contributed by atoms with Crippen LogP contribution in [0.1, 0.15) is 30.1 Å². The molecule has 1 aromatic rings. The SMILES string of the molecule is CNC(=O)c1cc(NC2CCN(C)C(C)C2)ccc1Cl.